The summed E-state index contributed by atoms with van der Waals surface area (Å²) in [7, 11) is 0. The number of carbonyl (C=O) groups is 1. The first-order valence-electron chi connectivity index (χ1n) is 11.5. The number of nitrogens with zero attached hydrogens (tertiary/aromatic N) is 6. The minimum Gasteiger partial charge on any atom is -0.379 e. The Hall–Kier alpha value is -2.43. The third-order valence-corrected chi connectivity index (χ3v) is 6.18. The molecule has 0 saturated carbocycles. The lowest BCUT2D eigenvalue weighted by atomic mass is 10.1. The Balaban J connectivity index is 1.24. The van der Waals surface area contributed by atoms with Gasteiger partial charge in [0.1, 0.15) is 5.82 Å². The van der Waals surface area contributed by atoms with Crippen molar-refractivity contribution in [2.45, 2.75) is 44.8 Å². The molecule has 174 valence electrons. The minimum atomic E-state index is -0.242. The number of aromatic nitrogens is 4. The molecule has 1 atom stereocenters. The van der Waals surface area contributed by atoms with Crippen molar-refractivity contribution in [3.8, 4) is 0 Å². The van der Waals surface area contributed by atoms with Gasteiger partial charge in [-0.25, -0.2) is 9.07 Å². The Labute approximate surface area is 187 Å². The van der Waals surface area contributed by atoms with Gasteiger partial charge in [0.2, 0.25) is 5.91 Å². The summed E-state index contributed by atoms with van der Waals surface area (Å²) in [5.41, 5.74) is 1.04. The fourth-order valence-corrected chi connectivity index (χ4v) is 4.35. The molecule has 2 fully saturated rings. The number of hydrogen-bond donors (Lipinski definition) is 1. The van der Waals surface area contributed by atoms with E-state index < -0.39 is 0 Å². The van der Waals surface area contributed by atoms with Crippen LogP contribution in [0.2, 0.25) is 0 Å². The number of rotatable bonds is 10. The topological polar surface area (TPSA) is 88.4 Å². The van der Waals surface area contributed by atoms with E-state index in [1.807, 2.05) is 12.1 Å². The third-order valence-electron chi connectivity index (χ3n) is 6.18. The van der Waals surface area contributed by atoms with Crippen molar-refractivity contribution < 1.29 is 13.9 Å². The van der Waals surface area contributed by atoms with Gasteiger partial charge in [-0.2, -0.15) is 0 Å². The largest absolute Gasteiger partial charge is 0.379 e. The van der Waals surface area contributed by atoms with E-state index in [2.05, 4.69) is 30.6 Å². The van der Waals surface area contributed by atoms with Gasteiger partial charge >= 0.3 is 0 Å². The fourth-order valence-electron chi connectivity index (χ4n) is 4.35. The molecule has 0 radical (unpaired) electrons. The lowest BCUT2D eigenvalue weighted by Crippen LogP contribution is -2.37. The molecule has 32 heavy (non-hydrogen) atoms. The van der Waals surface area contributed by atoms with Crippen molar-refractivity contribution in [3.63, 3.8) is 0 Å². The zero-order chi connectivity index (χ0) is 22.2. The maximum absolute atomic E-state index is 13.3. The molecule has 4 rings (SSSR count). The molecule has 2 saturated heterocycles. The molecule has 0 spiro atoms. The van der Waals surface area contributed by atoms with Crippen LogP contribution >= 0.6 is 0 Å². The van der Waals surface area contributed by atoms with E-state index in [1.165, 1.54) is 12.1 Å². The van der Waals surface area contributed by atoms with E-state index in [9.17, 15) is 9.18 Å². The fraction of sp³-hybridized carbons (Fsp3) is 0.636. The van der Waals surface area contributed by atoms with Crippen LogP contribution in [-0.4, -0.2) is 81.9 Å². The van der Waals surface area contributed by atoms with Crippen molar-refractivity contribution in [1.29, 1.82) is 0 Å². The quantitative estimate of drug-likeness (QED) is 0.591. The van der Waals surface area contributed by atoms with E-state index in [0.717, 1.165) is 63.6 Å². The van der Waals surface area contributed by atoms with Crippen LogP contribution in [0.25, 0.3) is 0 Å². The SMILES string of the molecule is O=C(CCCn1nnnc1CN1CCOCC1)NCC(c1ccc(F)cc1)N1CCCC1. The Morgan fingerprint density at radius 3 is 2.62 bits per heavy atom. The van der Waals surface area contributed by atoms with E-state index >= 15 is 0 Å². The van der Waals surface area contributed by atoms with E-state index in [-0.39, 0.29) is 17.8 Å². The molecule has 1 aromatic carbocycles. The zero-order valence-corrected chi connectivity index (χ0v) is 18.5. The number of benzene rings is 1. The number of amides is 1. The molecule has 3 heterocycles. The molecule has 10 heteroatoms. The van der Waals surface area contributed by atoms with Gasteiger partial charge in [-0.3, -0.25) is 14.6 Å². The van der Waals surface area contributed by atoms with E-state index in [0.29, 0.717) is 32.5 Å². The summed E-state index contributed by atoms with van der Waals surface area (Å²) in [6.45, 7) is 7.05. The Morgan fingerprint density at radius 1 is 1.12 bits per heavy atom. The zero-order valence-electron chi connectivity index (χ0n) is 18.5. The molecule has 1 N–H and O–H groups in total. The number of halogens is 1. The number of ether oxygens (including phenoxy) is 1. The second-order valence-electron chi connectivity index (χ2n) is 8.42. The molecule has 0 aliphatic carbocycles. The molecular formula is C22H32FN7O2. The monoisotopic (exact) mass is 445 g/mol. The van der Waals surface area contributed by atoms with Crippen LogP contribution < -0.4 is 5.32 Å². The van der Waals surface area contributed by atoms with Crippen LogP contribution in [0, 0.1) is 5.82 Å². The van der Waals surface area contributed by atoms with Crippen LogP contribution in [0.15, 0.2) is 24.3 Å². The van der Waals surface area contributed by atoms with Gasteiger partial charge in [0.15, 0.2) is 5.82 Å². The van der Waals surface area contributed by atoms with Gasteiger partial charge in [-0.1, -0.05) is 12.1 Å². The Morgan fingerprint density at radius 2 is 1.88 bits per heavy atom. The average Bonchev–Trinajstić information content (AvgIpc) is 3.49. The van der Waals surface area contributed by atoms with Gasteiger partial charge in [-0.05, 0) is 60.5 Å². The highest BCUT2D eigenvalue weighted by Gasteiger charge is 2.24. The molecule has 9 nitrogen and oxygen atoms in total. The summed E-state index contributed by atoms with van der Waals surface area (Å²) in [5.74, 6) is 0.588. The second-order valence-corrected chi connectivity index (χ2v) is 8.42. The summed E-state index contributed by atoms with van der Waals surface area (Å²) in [6, 6.07) is 6.68. The first kappa shape index (κ1) is 22.8. The van der Waals surface area contributed by atoms with E-state index in [4.69, 9.17) is 4.74 Å². The first-order valence-corrected chi connectivity index (χ1v) is 11.5. The molecular weight excluding hydrogens is 413 g/mol. The van der Waals surface area contributed by atoms with Crippen molar-refractivity contribution in [2.75, 3.05) is 45.9 Å². The number of likely N-dealkylation sites (tertiary alicyclic amines) is 1. The highest BCUT2D eigenvalue weighted by molar-refractivity contribution is 5.75. The average molecular weight is 446 g/mol. The highest BCUT2D eigenvalue weighted by atomic mass is 19.1. The van der Waals surface area contributed by atoms with Gasteiger partial charge in [-0.15, -0.1) is 5.10 Å². The summed E-state index contributed by atoms with van der Waals surface area (Å²) in [6.07, 6.45) is 3.39. The number of tetrazole rings is 1. The maximum Gasteiger partial charge on any atom is 0.220 e. The molecule has 2 aliphatic heterocycles. The van der Waals surface area contributed by atoms with Gasteiger partial charge in [0.25, 0.3) is 0 Å². The van der Waals surface area contributed by atoms with Crippen LogP contribution in [0.4, 0.5) is 4.39 Å². The number of aryl methyl sites for hydroxylation is 1. The number of carbonyl (C=O) groups excluding carboxylic acids is 1. The van der Waals surface area contributed by atoms with Crippen LogP contribution in [0.3, 0.4) is 0 Å². The molecule has 1 unspecified atom stereocenters. The van der Waals surface area contributed by atoms with Crippen LogP contribution in [0.5, 0.6) is 0 Å². The number of morpholine rings is 1. The third kappa shape index (κ3) is 6.30. The summed E-state index contributed by atoms with van der Waals surface area (Å²) < 4.78 is 20.5. The minimum absolute atomic E-state index is 0.0131. The van der Waals surface area contributed by atoms with E-state index in [1.54, 1.807) is 4.68 Å². The molecule has 2 aliphatic rings. The molecule has 1 aromatic heterocycles. The van der Waals surface area contributed by atoms with Gasteiger partial charge in [0, 0.05) is 32.6 Å². The van der Waals surface area contributed by atoms with Crippen molar-refractivity contribution in [2.24, 2.45) is 0 Å². The number of hydrogen-bond acceptors (Lipinski definition) is 7. The lowest BCUT2D eigenvalue weighted by Gasteiger charge is -2.28. The summed E-state index contributed by atoms with van der Waals surface area (Å²) >= 11 is 0. The van der Waals surface area contributed by atoms with Crippen molar-refractivity contribution in [3.05, 3.63) is 41.5 Å². The first-order chi connectivity index (χ1) is 15.7. The maximum atomic E-state index is 13.3. The second kappa shape index (κ2) is 11.4. The van der Waals surface area contributed by atoms with Crippen molar-refractivity contribution in [1.82, 2.24) is 35.3 Å². The normalized spacial score (nSPS) is 18.7. The standard InChI is InChI=1S/C22H32FN7O2/c23-19-7-5-18(6-8-19)20(29-9-1-2-10-29)16-24-22(31)4-3-11-30-21(25-26-27-30)17-28-12-14-32-15-13-28/h5-8,20H,1-4,9-17H2,(H,24,31). The number of nitrogens with one attached hydrogen (secondary N) is 1. The smallest absolute Gasteiger partial charge is 0.220 e. The summed E-state index contributed by atoms with van der Waals surface area (Å²) in [5, 5.41) is 15.1. The van der Waals surface area contributed by atoms with Crippen LogP contribution in [0.1, 0.15) is 43.1 Å². The molecule has 0 bridgehead atoms. The predicted octanol–water partition coefficient (Wildman–Crippen LogP) is 1.38. The Bertz CT molecular complexity index is 848. The molecule has 1 amide bonds. The highest BCUT2D eigenvalue weighted by Crippen LogP contribution is 2.24. The predicted molar refractivity (Wildman–Crippen MR) is 116 cm³/mol. The van der Waals surface area contributed by atoms with Gasteiger partial charge < -0.3 is 10.1 Å². The Kier molecular flexibility index (Phi) is 8.13. The molecule has 2 aromatic rings. The van der Waals surface area contributed by atoms with Crippen LogP contribution in [-0.2, 0) is 22.6 Å². The lowest BCUT2D eigenvalue weighted by molar-refractivity contribution is -0.121. The van der Waals surface area contributed by atoms with Gasteiger partial charge in [0.05, 0.1) is 25.8 Å². The summed E-state index contributed by atoms with van der Waals surface area (Å²) in [4.78, 5) is 17.1. The van der Waals surface area contributed by atoms with Crippen molar-refractivity contribution >= 4 is 5.91 Å².